The van der Waals surface area contributed by atoms with Gasteiger partial charge in [0, 0.05) is 21.3 Å². The first-order chi connectivity index (χ1) is 7.15. The molecule has 1 aromatic rings. The Hall–Kier alpha value is -0.693. The minimum atomic E-state index is -2.42. The van der Waals surface area contributed by atoms with Crippen molar-refractivity contribution in [2.24, 2.45) is 7.05 Å². The van der Waals surface area contributed by atoms with Crippen LogP contribution in [0.25, 0.3) is 0 Å². The molecule has 5 nitrogen and oxygen atoms in total. The van der Waals surface area contributed by atoms with Gasteiger partial charge in [-0.1, -0.05) is 0 Å². The van der Waals surface area contributed by atoms with E-state index in [0.29, 0.717) is 0 Å². The van der Waals surface area contributed by atoms with E-state index in [1.165, 1.54) is 0 Å². The maximum atomic E-state index is 5.34. The summed E-state index contributed by atoms with van der Waals surface area (Å²) in [5.74, 6) is 0. The average Bonchev–Trinajstić information content (AvgIpc) is 2.67. The van der Waals surface area contributed by atoms with Gasteiger partial charge in [0.15, 0.2) is 0 Å². The molecule has 0 aliphatic rings. The van der Waals surface area contributed by atoms with Gasteiger partial charge in [-0.25, -0.2) is 9.13 Å². The second kappa shape index (κ2) is 5.41. The molecule has 15 heavy (non-hydrogen) atoms. The second-order valence-electron chi connectivity index (χ2n) is 3.36. The van der Waals surface area contributed by atoms with Crippen molar-refractivity contribution in [3.63, 3.8) is 0 Å². The van der Waals surface area contributed by atoms with Crippen LogP contribution in [0.4, 0.5) is 0 Å². The van der Waals surface area contributed by atoms with Gasteiger partial charge in [0.1, 0.15) is 12.4 Å². The molecule has 6 heteroatoms. The normalized spacial score (nSPS) is 12.0. The van der Waals surface area contributed by atoms with Crippen LogP contribution in [0.3, 0.4) is 0 Å². The Labute approximate surface area is 91.6 Å². The lowest BCUT2D eigenvalue weighted by Crippen LogP contribution is -2.43. The van der Waals surface area contributed by atoms with Crippen molar-refractivity contribution in [3.8, 4) is 0 Å². The quantitative estimate of drug-likeness (QED) is 0.518. The van der Waals surface area contributed by atoms with E-state index in [1.54, 1.807) is 21.3 Å². The molecule has 0 bridgehead atoms. The number of hydrogen-bond donors (Lipinski definition) is 0. The fourth-order valence-electron chi connectivity index (χ4n) is 1.46. The lowest BCUT2D eigenvalue weighted by atomic mass is 10.7. The lowest BCUT2D eigenvalue weighted by Gasteiger charge is -2.23. The summed E-state index contributed by atoms with van der Waals surface area (Å²) in [4.78, 5) is 0. The molecule has 0 atom stereocenters. The van der Waals surface area contributed by atoms with Crippen LogP contribution in [0.1, 0.15) is 0 Å². The van der Waals surface area contributed by atoms with E-state index in [-0.39, 0.29) is 0 Å². The Kier molecular flexibility index (Phi) is 4.46. The first kappa shape index (κ1) is 12.4. The summed E-state index contributed by atoms with van der Waals surface area (Å²) >= 11 is 0. The standard InChI is InChI=1S/C9H19N2O3Si/c1-10-5-6-11(9-10)7-8-15(12-2,13-3)14-4/h5-6,9H,7-8H2,1-4H3/q+1. The van der Waals surface area contributed by atoms with Gasteiger partial charge in [-0.05, 0) is 0 Å². The van der Waals surface area contributed by atoms with E-state index in [1.807, 2.05) is 30.3 Å². The number of aromatic nitrogens is 2. The van der Waals surface area contributed by atoms with Crippen LogP contribution in [0.2, 0.25) is 6.04 Å². The molecule has 0 aromatic carbocycles. The molecule has 0 saturated heterocycles. The van der Waals surface area contributed by atoms with E-state index >= 15 is 0 Å². The SMILES string of the molecule is CO[Si](CCn1cc[n+](C)c1)(OC)OC. The van der Waals surface area contributed by atoms with E-state index in [9.17, 15) is 0 Å². The number of rotatable bonds is 6. The third-order valence-corrected chi connectivity index (χ3v) is 5.13. The molecular formula is C9H19N2O3Si+. The van der Waals surface area contributed by atoms with E-state index < -0.39 is 8.80 Å². The average molecular weight is 231 g/mol. The summed E-state index contributed by atoms with van der Waals surface area (Å²) in [5.41, 5.74) is 0. The van der Waals surface area contributed by atoms with Gasteiger partial charge < -0.3 is 13.3 Å². The Bertz CT molecular complexity index is 291. The molecule has 0 aliphatic heterocycles. The van der Waals surface area contributed by atoms with Crippen LogP contribution in [-0.2, 0) is 26.9 Å². The summed E-state index contributed by atoms with van der Waals surface area (Å²) < 4.78 is 20.1. The lowest BCUT2D eigenvalue weighted by molar-refractivity contribution is -0.671. The molecule has 0 radical (unpaired) electrons. The van der Waals surface area contributed by atoms with Gasteiger partial charge in [-0.3, -0.25) is 0 Å². The second-order valence-corrected chi connectivity index (χ2v) is 6.45. The van der Waals surface area contributed by atoms with Crippen molar-refractivity contribution in [2.75, 3.05) is 21.3 Å². The van der Waals surface area contributed by atoms with Crippen molar-refractivity contribution in [3.05, 3.63) is 18.7 Å². The summed E-state index contributed by atoms with van der Waals surface area (Å²) in [7, 11) is 4.47. The Morgan fingerprint density at radius 2 is 1.80 bits per heavy atom. The molecular weight excluding hydrogens is 212 g/mol. The Morgan fingerprint density at radius 3 is 2.20 bits per heavy atom. The van der Waals surface area contributed by atoms with E-state index in [0.717, 1.165) is 12.6 Å². The first-order valence-electron chi connectivity index (χ1n) is 4.82. The molecule has 1 heterocycles. The van der Waals surface area contributed by atoms with Crippen LogP contribution in [-0.4, -0.2) is 34.7 Å². The van der Waals surface area contributed by atoms with Crippen LogP contribution >= 0.6 is 0 Å². The fourth-order valence-corrected chi connectivity index (χ4v) is 3.10. The minimum absolute atomic E-state index is 0.769. The van der Waals surface area contributed by atoms with E-state index in [2.05, 4.69) is 4.57 Å². The molecule has 0 aliphatic carbocycles. The van der Waals surface area contributed by atoms with Crippen molar-refractivity contribution in [1.82, 2.24) is 4.57 Å². The molecule has 1 rings (SSSR count). The summed E-state index contributed by atoms with van der Waals surface area (Å²) in [6, 6.07) is 0.769. The molecule has 1 aromatic heterocycles. The zero-order valence-electron chi connectivity index (χ0n) is 9.77. The zero-order chi connectivity index (χ0) is 11.3. The number of nitrogens with zero attached hydrogens (tertiary/aromatic N) is 2. The fraction of sp³-hybridized carbons (Fsp3) is 0.667. The van der Waals surface area contributed by atoms with Crippen LogP contribution in [0, 0.1) is 0 Å². The highest BCUT2D eigenvalue weighted by Crippen LogP contribution is 2.13. The summed E-state index contributed by atoms with van der Waals surface area (Å²) in [6.45, 7) is 0.836. The Balaban J connectivity index is 2.54. The van der Waals surface area contributed by atoms with Crippen molar-refractivity contribution >= 4 is 8.80 Å². The van der Waals surface area contributed by atoms with Gasteiger partial charge in [-0.2, -0.15) is 0 Å². The van der Waals surface area contributed by atoms with Gasteiger partial charge in [0.05, 0.1) is 19.6 Å². The van der Waals surface area contributed by atoms with Crippen molar-refractivity contribution < 1.29 is 17.8 Å². The van der Waals surface area contributed by atoms with Crippen LogP contribution < -0.4 is 4.57 Å². The summed E-state index contributed by atoms with van der Waals surface area (Å²) in [5, 5.41) is 0. The van der Waals surface area contributed by atoms with Crippen LogP contribution in [0.15, 0.2) is 18.7 Å². The number of imidazole rings is 1. The monoisotopic (exact) mass is 231 g/mol. The molecule has 0 N–H and O–H groups in total. The van der Waals surface area contributed by atoms with Crippen LogP contribution in [0.5, 0.6) is 0 Å². The maximum Gasteiger partial charge on any atom is 0.504 e. The maximum absolute atomic E-state index is 5.34. The Morgan fingerprint density at radius 1 is 1.20 bits per heavy atom. The molecule has 0 amide bonds. The van der Waals surface area contributed by atoms with E-state index in [4.69, 9.17) is 13.3 Å². The number of hydrogen-bond acceptors (Lipinski definition) is 3. The van der Waals surface area contributed by atoms with Gasteiger partial charge in [-0.15, -0.1) is 0 Å². The van der Waals surface area contributed by atoms with Gasteiger partial charge in [0.25, 0.3) is 0 Å². The van der Waals surface area contributed by atoms with Gasteiger partial charge >= 0.3 is 8.80 Å². The topological polar surface area (TPSA) is 36.5 Å². The zero-order valence-corrected chi connectivity index (χ0v) is 10.8. The highest BCUT2D eigenvalue weighted by atomic mass is 28.4. The summed E-state index contributed by atoms with van der Waals surface area (Å²) in [6.07, 6.45) is 6.02. The first-order valence-corrected chi connectivity index (χ1v) is 6.75. The largest absolute Gasteiger partial charge is 0.504 e. The van der Waals surface area contributed by atoms with Crippen molar-refractivity contribution in [2.45, 2.75) is 12.6 Å². The molecule has 86 valence electrons. The predicted octanol–water partition coefficient (Wildman–Crippen LogP) is 0.191. The third kappa shape index (κ3) is 3.13. The smallest absolute Gasteiger partial charge is 0.377 e. The number of aryl methyl sites for hydroxylation is 2. The highest BCUT2D eigenvalue weighted by Gasteiger charge is 2.38. The third-order valence-electron chi connectivity index (χ3n) is 2.43. The molecule has 0 unspecified atom stereocenters. The molecule has 0 saturated carbocycles. The van der Waals surface area contributed by atoms with Crippen molar-refractivity contribution in [1.29, 1.82) is 0 Å². The predicted molar refractivity (Wildman–Crippen MR) is 57.2 cm³/mol. The van der Waals surface area contributed by atoms with Gasteiger partial charge in [0.2, 0.25) is 6.33 Å². The molecule has 0 spiro atoms. The highest BCUT2D eigenvalue weighted by molar-refractivity contribution is 6.60. The minimum Gasteiger partial charge on any atom is -0.377 e. The molecule has 0 fully saturated rings.